The van der Waals surface area contributed by atoms with Gasteiger partial charge in [0.1, 0.15) is 5.01 Å². The fourth-order valence-electron chi connectivity index (χ4n) is 2.93. The molecule has 0 aliphatic carbocycles. The fourth-order valence-corrected chi connectivity index (χ4v) is 3.57. The van der Waals surface area contributed by atoms with Crippen LogP contribution < -0.4 is 15.5 Å². The van der Waals surface area contributed by atoms with E-state index < -0.39 is 0 Å². The number of carbonyl (C=O) groups excluding carboxylic acids is 2. The lowest BCUT2D eigenvalue weighted by molar-refractivity contribution is -0.118. The van der Waals surface area contributed by atoms with E-state index >= 15 is 0 Å². The number of thiazole rings is 1. The first kappa shape index (κ1) is 21.5. The Morgan fingerprint density at radius 3 is 2.60 bits per heavy atom. The van der Waals surface area contributed by atoms with Gasteiger partial charge in [-0.2, -0.15) is 0 Å². The van der Waals surface area contributed by atoms with E-state index in [-0.39, 0.29) is 17.7 Å². The van der Waals surface area contributed by atoms with Gasteiger partial charge in [-0.15, -0.1) is 11.3 Å². The molecule has 0 atom stereocenters. The molecule has 0 radical (unpaired) electrons. The van der Waals surface area contributed by atoms with E-state index in [9.17, 15) is 9.59 Å². The van der Waals surface area contributed by atoms with Crippen molar-refractivity contribution in [2.45, 2.75) is 20.4 Å². The molecule has 0 saturated carbocycles. The van der Waals surface area contributed by atoms with Crippen molar-refractivity contribution >= 4 is 34.5 Å². The van der Waals surface area contributed by atoms with E-state index in [0.29, 0.717) is 17.8 Å². The van der Waals surface area contributed by atoms with Gasteiger partial charge in [-0.25, -0.2) is 4.98 Å². The summed E-state index contributed by atoms with van der Waals surface area (Å²) in [6, 6.07) is 13.4. The number of amides is 2. The summed E-state index contributed by atoms with van der Waals surface area (Å²) in [4.78, 5) is 31.2. The summed E-state index contributed by atoms with van der Waals surface area (Å²) >= 11 is 1.58. The van der Waals surface area contributed by atoms with Crippen molar-refractivity contribution in [1.82, 2.24) is 10.3 Å². The largest absolute Gasteiger partial charge is 0.377 e. The van der Waals surface area contributed by atoms with Gasteiger partial charge in [-0.05, 0) is 29.8 Å². The van der Waals surface area contributed by atoms with Gasteiger partial charge in [0, 0.05) is 55.1 Å². The van der Waals surface area contributed by atoms with Crippen molar-refractivity contribution in [3.8, 4) is 10.6 Å². The van der Waals surface area contributed by atoms with E-state index in [2.05, 4.69) is 15.6 Å². The molecule has 1 heterocycles. The maximum atomic E-state index is 13.0. The Hall–Kier alpha value is -3.19. The maximum absolute atomic E-state index is 13.0. The Morgan fingerprint density at radius 2 is 1.93 bits per heavy atom. The predicted octanol–water partition coefficient (Wildman–Crippen LogP) is 4.40. The van der Waals surface area contributed by atoms with Crippen molar-refractivity contribution in [2.75, 3.05) is 24.3 Å². The van der Waals surface area contributed by atoms with E-state index in [4.69, 9.17) is 0 Å². The zero-order chi connectivity index (χ0) is 21.7. The smallest absolute Gasteiger partial charge is 0.253 e. The minimum absolute atomic E-state index is 0.0852. The number of hydrogen-bond acceptors (Lipinski definition) is 5. The molecule has 0 spiro atoms. The van der Waals surface area contributed by atoms with Crippen molar-refractivity contribution in [1.29, 1.82) is 0 Å². The van der Waals surface area contributed by atoms with Crippen LogP contribution in [0.25, 0.3) is 10.6 Å². The molecule has 6 nitrogen and oxygen atoms in total. The number of carbonyl (C=O) groups is 2. The van der Waals surface area contributed by atoms with Gasteiger partial charge in [0.15, 0.2) is 0 Å². The van der Waals surface area contributed by atoms with E-state index in [0.717, 1.165) is 21.8 Å². The fraction of sp³-hybridized carbons (Fsp3) is 0.261. The summed E-state index contributed by atoms with van der Waals surface area (Å²) in [5.41, 5.74) is 3.93. The zero-order valence-electron chi connectivity index (χ0n) is 17.6. The molecular weight excluding hydrogens is 396 g/mol. The van der Waals surface area contributed by atoms with Crippen LogP contribution in [0, 0.1) is 5.92 Å². The monoisotopic (exact) mass is 422 g/mol. The highest BCUT2D eigenvalue weighted by Gasteiger charge is 2.16. The first-order chi connectivity index (χ1) is 14.3. The number of benzene rings is 2. The Bertz CT molecular complexity index is 1030. The molecule has 2 aromatic carbocycles. The number of nitrogens with zero attached hydrogens (tertiary/aromatic N) is 2. The second-order valence-electron chi connectivity index (χ2n) is 7.49. The van der Waals surface area contributed by atoms with Crippen LogP contribution in [0.4, 0.5) is 11.4 Å². The molecule has 7 heteroatoms. The molecule has 3 aromatic rings. The number of hydrogen-bond donors (Lipinski definition) is 2. The van der Waals surface area contributed by atoms with Gasteiger partial charge in [0.05, 0.1) is 5.56 Å². The van der Waals surface area contributed by atoms with Crippen LogP contribution in [0.5, 0.6) is 0 Å². The zero-order valence-corrected chi connectivity index (χ0v) is 18.4. The topological polar surface area (TPSA) is 74.3 Å². The summed E-state index contributed by atoms with van der Waals surface area (Å²) in [5.74, 6) is -0.419. The van der Waals surface area contributed by atoms with E-state index in [1.165, 1.54) is 0 Å². The predicted molar refractivity (Wildman–Crippen MR) is 123 cm³/mol. The molecule has 0 aliphatic heterocycles. The van der Waals surface area contributed by atoms with E-state index in [1.807, 2.05) is 74.6 Å². The molecule has 156 valence electrons. The molecule has 30 heavy (non-hydrogen) atoms. The minimum atomic E-state index is -0.195. The minimum Gasteiger partial charge on any atom is -0.377 e. The third-order valence-electron chi connectivity index (χ3n) is 4.57. The van der Waals surface area contributed by atoms with Crippen LogP contribution in [-0.4, -0.2) is 30.9 Å². The van der Waals surface area contributed by atoms with Crippen molar-refractivity contribution in [3.05, 3.63) is 65.2 Å². The first-order valence-corrected chi connectivity index (χ1v) is 10.6. The van der Waals surface area contributed by atoms with Gasteiger partial charge in [0.2, 0.25) is 5.91 Å². The van der Waals surface area contributed by atoms with Gasteiger partial charge in [-0.1, -0.05) is 32.0 Å². The molecule has 2 N–H and O–H groups in total. The highest BCUT2D eigenvalue weighted by atomic mass is 32.1. The summed E-state index contributed by atoms with van der Waals surface area (Å²) in [5, 5.41) is 8.74. The standard InChI is InChI=1S/C23H26N4O2S/c1-15(2)21(28)26-18-8-9-20(27(3)4)19(13-18)22(29)25-14-16-6-5-7-17(12-16)23-24-10-11-30-23/h5-13,15H,14H2,1-4H3,(H,25,29)(H,26,28). The molecule has 0 bridgehead atoms. The summed E-state index contributed by atoms with van der Waals surface area (Å²) in [6.45, 7) is 4.06. The number of aromatic nitrogens is 1. The average molecular weight is 423 g/mol. The van der Waals surface area contributed by atoms with Gasteiger partial charge in [0.25, 0.3) is 5.91 Å². The van der Waals surface area contributed by atoms with Crippen LogP contribution in [0.3, 0.4) is 0 Å². The number of nitrogens with one attached hydrogen (secondary N) is 2. The Kier molecular flexibility index (Phi) is 6.84. The molecular formula is C23H26N4O2S. The molecule has 1 aromatic heterocycles. The molecule has 0 unspecified atom stereocenters. The lowest BCUT2D eigenvalue weighted by Crippen LogP contribution is -2.26. The third kappa shape index (κ3) is 5.24. The molecule has 0 aliphatic rings. The quantitative estimate of drug-likeness (QED) is 0.592. The molecule has 3 rings (SSSR count). The van der Waals surface area contributed by atoms with Crippen LogP contribution in [0.1, 0.15) is 29.8 Å². The average Bonchev–Trinajstić information content (AvgIpc) is 3.27. The number of anilines is 2. The van der Waals surface area contributed by atoms with Gasteiger partial charge >= 0.3 is 0 Å². The second kappa shape index (κ2) is 9.54. The van der Waals surface area contributed by atoms with Crippen LogP contribution in [0.15, 0.2) is 54.0 Å². The first-order valence-electron chi connectivity index (χ1n) is 9.74. The Morgan fingerprint density at radius 1 is 1.13 bits per heavy atom. The van der Waals surface area contributed by atoms with Crippen molar-refractivity contribution in [2.24, 2.45) is 5.92 Å². The Balaban J connectivity index is 1.77. The van der Waals surface area contributed by atoms with E-state index in [1.54, 1.807) is 23.6 Å². The SMILES string of the molecule is CC(C)C(=O)Nc1ccc(N(C)C)c(C(=O)NCc2cccc(-c3nccs3)c2)c1. The normalized spacial score (nSPS) is 10.7. The van der Waals surface area contributed by atoms with Crippen molar-refractivity contribution in [3.63, 3.8) is 0 Å². The maximum Gasteiger partial charge on any atom is 0.253 e. The third-order valence-corrected chi connectivity index (χ3v) is 5.40. The van der Waals surface area contributed by atoms with Crippen LogP contribution in [-0.2, 0) is 11.3 Å². The summed E-state index contributed by atoms with van der Waals surface area (Å²) < 4.78 is 0. The van der Waals surface area contributed by atoms with Gasteiger partial charge in [-0.3, -0.25) is 9.59 Å². The molecule has 2 amide bonds. The second-order valence-corrected chi connectivity index (χ2v) is 8.39. The summed E-state index contributed by atoms with van der Waals surface area (Å²) in [6.07, 6.45) is 1.78. The highest BCUT2D eigenvalue weighted by Crippen LogP contribution is 2.25. The van der Waals surface area contributed by atoms with Gasteiger partial charge < -0.3 is 15.5 Å². The summed E-state index contributed by atoms with van der Waals surface area (Å²) in [7, 11) is 3.77. The molecule has 0 fully saturated rings. The molecule has 0 saturated heterocycles. The van der Waals surface area contributed by atoms with Crippen LogP contribution in [0.2, 0.25) is 0 Å². The number of rotatable bonds is 7. The highest BCUT2D eigenvalue weighted by molar-refractivity contribution is 7.13. The van der Waals surface area contributed by atoms with Crippen LogP contribution >= 0.6 is 11.3 Å². The lowest BCUT2D eigenvalue weighted by atomic mass is 10.1. The lowest BCUT2D eigenvalue weighted by Gasteiger charge is -2.19. The van der Waals surface area contributed by atoms with Crippen molar-refractivity contribution < 1.29 is 9.59 Å². The Labute approximate surface area is 181 Å².